The van der Waals surface area contributed by atoms with E-state index in [1.54, 1.807) is 0 Å². The van der Waals surface area contributed by atoms with Crippen LogP contribution in [-0.4, -0.2) is 56.9 Å². The minimum absolute atomic E-state index is 0.00224. The van der Waals surface area contributed by atoms with Gasteiger partial charge in [0.25, 0.3) is 5.91 Å². The first kappa shape index (κ1) is 21.7. The smallest absolute Gasteiger partial charge is 0.254 e. The van der Waals surface area contributed by atoms with Crippen molar-refractivity contribution in [3.63, 3.8) is 0 Å². The van der Waals surface area contributed by atoms with Crippen LogP contribution >= 0.6 is 11.6 Å². The van der Waals surface area contributed by atoms with E-state index in [4.69, 9.17) is 21.3 Å². The summed E-state index contributed by atoms with van der Waals surface area (Å²) in [6, 6.07) is 15.3. The Morgan fingerprint density at radius 3 is 2.45 bits per heavy atom. The van der Waals surface area contributed by atoms with E-state index in [0.29, 0.717) is 36.9 Å². The zero-order chi connectivity index (χ0) is 23.2. The molecule has 1 aliphatic rings. The largest absolute Gasteiger partial charge is 0.378 e. The maximum Gasteiger partial charge on any atom is 0.254 e. The summed E-state index contributed by atoms with van der Waals surface area (Å²) in [6.45, 7) is 8.76. The van der Waals surface area contributed by atoms with Gasteiger partial charge in [0.2, 0.25) is 0 Å². The van der Waals surface area contributed by atoms with Gasteiger partial charge in [-0.1, -0.05) is 32.4 Å². The number of nitrogens with zero attached hydrogens (tertiary/aromatic N) is 4. The van der Waals surface area contributed by atoms with Gasteiger partial charge in [-0.15, -0.1) is 0 Å². The summed E-state index contributed by atoms with van der Waals surface area (Å²) in [6.07, 6.45) is 0. The Labute approximate surface area is 197 Å². The van der Waals surface area contributed by atoms with E-state index < -0.39 is 0 Å². The van der Waals surface area contributed by atoms with Gasteiger partial charge < -0.3 is 9.64 Å². The minimum atomic E-state index is -0.0696. The van der Waals surface area contributed by atoms with Crippen molar-refractivity contribution in [3.8, 4) is 17.2 Å². The van der Waals surface area contributed by atoms with Crippen LogP contribution in [0.15, 0.2) is 48.5 Å². The second-order valence-corrected chi connectivity index (χ2v) is 9.71. The van der Waals surface area contributed by atoms with E-state index in [0.717, 1.165) is 33.9 Å². The van der Waals surface area contributed by atoms with Crippen LogP contribution in [0.25, 0.3) is 28.2 Å². The summed E-state index contributed by atoms with van der Waals surface area (Å²) in [5.41, 5.74) is 4.11. The SMILES string of the molecule is CC(C)(C)c1cc(-n2c(-c3ccc(Cl)cc3)nc3cc(C(=O)N4CCOCC4)ccc32)n[nH]1. The van der Waals surface area contributed by atoms with Crippen molar-refractivity contribution < 1.29 is 9.53 Å². The van der Waals surface area contributed by atoms with Gasteiger partial charge in [-0.2, -0.15) is 5.10 Å². The van der Waals surface area contributed by atoms with Crippen molar-refractivity contribution in [3.05, 3.63) is 64.8 Å². The Morgan fingerprint density at radius 1 is 1.06 bits per heavy atom. The van der Waals surface area contributed by atoms with E-state index in [1.165, 1.54) is 0 Å². The van der Waals surface area contributed by atoms with Crippen molar-refractivity contribution in [1.82, 2.24) is 24.6 Å². The van der Waals surface area contributed by atoms with Gasteiger partial charge in [-0.3, -0.25) is 14.5 Å². The first-order valence-corrected chi connectivity index (χ1v) is 11.4. The summed E-state index contributed by atoms with van der Waals surface area (Å²) in [5, 5.41) is 8.42. The first-order valence-electron chi connectivity index (χ1n) is 11.0. The summed E-state index contributed by atoms with van der Waals surface area (Å²) in [7, 11) is 0. The predicted octanol–water partition coefficient (Wildman–Crippen LogP) is 4.84. The van der Waals surface area contributed by atoms with Crippen LogP contribution in [0.5, 0.6) is 0 Å². The molecular weight excluding hydrogens is 438 g/mol. The van der Waals surface area contributed by atoms with Crippen molar-refractivity contribution >= 4 is 28.5 Å². The van der Waals surface area contributed by atoms with Crippen LogP contribution in [0, 0.1) is 0 Å². The fraction of sp³-hybridized carbons (Fsp3) is 0.320. The second kappa shape index (κ2) is 8.32. The number of amides is 1. The number of rotatable bonds is 3. The number of hydrogen-bond donors (Lipinski definition) is 1. The number of benzene rings is 2. The Hall–Kier alpha value is -3.16. The highest BCUT2D eigenvalue weighted by molar-refractivity contribution is 6.30. The molecule has 1 N–H and O–H groups in total. The molecule has 4 aromatic rings. The number of carbonyl (C=O) groups excluding carboxylic acids is 1. The fourth-order valence-corrected chi connectivity index (χ4v) is 4.12. The maximum atomic E-state index is 13.0. The molecule has 2 aromatic heterocycles. The minimum Gasteiger partial charge on any atom is -0.378 e. The van der Waals surface area contributed by atoms with Crippen molar-refractivity contribution in [2.45, 2.75) is 26.2 Å². The lowest BCUT2D eigenvalue weighted by Crippen LogP contribution is -2.40. The van der Waals surface area contributed by atoms with Crippen molar-refractivity contribution in [2.24, 2.45) is 0 Å². The van der Waals surface area contributed by atoms with Crippen LogP contribution in [0.3, 0.4) is 0 Å². The van der Waals surface area contributed by atoms with Gasteiger partial charge in [0.15, 0.2) is 5.82 Å². The van der Waals surface area contributed by atoms with E-state index in [-0.39, 0.29) is 11.3 Å². The molecular formula is C25H26ClN5O2. The van der Waals surface area contributed by atoms with Gasteiger partial charge in [-0.05, 0) is 42.5 Å². The average molecular weight is 464 g/mol. The molecule has 1 amide bonds. The van der Waals surface area contributed by atoms with Gasteiger partial charge in [-0.25, -0.2) is 4.98 Å². The third-order valence-corrected chi connectivity index (χ3v) is 6.16. The molecule has 0 spiro atoms. The molecule has 0 atom stereocenters. The molecule has 0 unspecified atom stereocenters. The molecule has 2 aromatic carbocycles. The van der Waals surface area contributed by atoms with Crippen LogP contribution in [0.4, 0.5) is 0 Å². The zero-order valence-electron chi connectivity index (χ0n) is 18.9. The normalized spacial score (nSPS) is 14.7. The highest BCUT2D eigenvalue weighted by atomic mass is 35.5. The number of fused-ring (bicyclic) bond motifs is 1. The molecule has 3 heterocycles. The highest BCUT2D eigenvalue weighted by Crippen LogP contribution is 2.31. The molecule has 1 saturated heterocycles. The number of imidazole rings is 1. The summed E-state index contributed by atoms with van der Waals surface area (Å²) in [4.78, 5) is 19.8. The third-order valence-electron chi connectivity index (χ3n) is 5.90. The van der Waals surface area contributed by atoms with Gasteiger partial charge in [0.05, 0.1) is 24.2 Å². The highest BCUT2D eigenvalue weighted by Gasteiger charge is 2.23. The Kier molecular flexibility index (Phi) is 5.46. The van der Waals surface area contributed by atoms with Crippen LogP contribution in [0.2, 0.25) is 5.02 Å². The quantitative estimate of drug-likeness (QED) is 0.471. The zero-order valence-corrected chi connectivity index (χ0v) is 19.7. The standard InChI is InChI=1S/C25H26ClN5O2/c1-25(2,3)21-15-22(29-28-21)31-20-9-6-17(24(32)30-10-12-33-13-11-30)14-19(20)27-23(31)16-4-7-18(26)8-5-16/h4-9,14-15H,10-13H2,1-3H3,(H,28,29). The molecule has 0 radical (unpaired) electrons. The lowest BCUT2D eigenvalue weighted by molar-refractivity contribution is 0.0303. The fourth-order valence-electron chi connectivity index (χ4n) is 4.00. The topological polar surface area (TPSA) is 76.0 Å². The molecule has 7 nitrogen and oxygen atoms in total. The number of ether oxygens (including phenoxy) is 1. The van der Waals surface area contributed by atoms with Gasteiger partial charge in [0.1, 0.15) is 5.82 Å². The van der Waals surface area contributed by atoms with Gasteiger partial charge in [0, 0.05) is 46.4 Å². The number of hydrogen-bond acceptors (Lipinski definition) is 4. The molecule has 0 bridgehead atoms. The molecule has 5 rings (SSSR count). The predicted molar refractivity (Wildman–Crippen MR) is 129 cm³/mol. The van der Waals surface area contributed by atoms with Crippen LogP contribution < -0.4 is 0 Å². The third kappa shape index (κ3) is 4.14. The maximum absolute atomic E-state index is 13.0. The van der Waals surface area contributed by atoms with Crippen molar-refractivity contribution in [1.29, 1.82) is 0 Å². The molecule has 0 aliphatic carbocycles. The van der Waals surface area contributed by atoms with Crippen LogP contribution in [0.1, 0.15) is 36.8 Å². The molecule has 0 saturated carbocycles. The Balaban J connectivity index is 1.64. The number of morpholine rings is 1. The number of aromatic nitrogens is 4. The number of carbonyl (C=O) groups is 1. The Morgan fingerprint density at radius 2 is 1.79 bits per heavy atom. The van der Waals surface area contributed by atoms with Crippen molar-refractivity contribution in [2.75, 3.05) is 26.3 Å². The number of halogens is 1. The van der Waals surface area contributed by atoms with E-state index in [9.17, 15) is 4.79 Å². The molecule has 170 valence electrons. The monoisotopic (exact) mass is 463 g/mol. The lowest BCUT2D eigenvalue weighted by atomic mass is 9.92. The average Bonchev–Trinajstić information content (AvgIpc) is 3.44. The second-order valence-electron chi connectivity index (χ2n) is 9.28. The van der Waals surface area contributed by atoms with E-state index >= 15 is 0 Å². The van der Waals surface area contributed by atoms with E-state index in [2.05, 4.69) is 31.0 Å². The Bertz CT molecular complexity index is 1310. The summed E-state index contributed by atoms with van der Waals surface area (Å²) >= 11 is 6.12. The molecule has 1 fully saturated rings. The molecule has 33 heavy (non-hydrogen) atoms. The van der Waals surface area contributed by atoms with E-state index in [1.807, 2.05) is 58.0 Å². The lowest BCUT2D eigenvalue weighted by Gasteiger charge is -2.26. The number of aromatic amines is 1. The number of H-pyrrole nitrogens is 1. The van der Waals surface area contributed by atoms with Gasteiger partial charge >= 0.3 is 0 Å². The molecule has 8 heteroatoms. The number of nitrogens with one attached hydrogen (secondary N) is 1. The summed E-state index contributed by atoms with van der Waals surface area (Å²) < 4.78 is 7.40. The summed E-state index contributed by atoms with van der Waals surface area (Å²) in [5.74, 6) is 1.49. The first-order chi connectivity index (χ1) is 15.8. The van der Waals surface area contributed by atoms with Crippen LogP contribution in [-0.2, 0) is 10.2 Å². The molecule has 1 aliphatic heterocycles.